The zero-order valence-electron chi connectivity index (χ0n) is 16.9. The van der Waals surface area contributed by atoms with Crippen LogP contribution in [0.4, 0.5) is 4.39 Å². The molecule has 0 saturated heterocycles. The molecule has 0 aromatic heterocycles. The lowest BCUT2D eigenvalue weighted by Crippen LogP contribution is -2.51. The van der Waals surface area contributed by atoms with Crippen LogP contribution in [-0.2, 0) is 22.4 Å². The van der Waals surface area contributed by atoms with Crippen molar-refractivity contribution >= 4 is 11.8 Å². The maximum Gasteiger partial charge on any atom is 0.242 e. The van der Waals surface area contributed by atoms with Gasteiger partial charge < -0.3 is 10.2 Å². The van der Waals surface area contributed by atoms with E-state index in [-0.39, 0.29) is 30.1 Å². The first-order valence-electron chi connectivity index (χ1n) is 10.4. The lowest BCUT2D eigenvalue weighted by Gasteiger charge is -2.30. The summed E-state index contributed by atoms with van der Waals surface area (Å²) in [6.45, 7) is 2.25. The van der Waals surface area contributed by atoms with Crippen LogP contribution in [0.2, 0.25) is 0 Å². The van der Waals surface area contributed by atoms with Crippen LogP contribution < -0.4 is 5.32 Å². The molecule has 3 rings (SSSR count). The van der Waals surface area contributed by atoms with Gasteiger partial charge in [-0.1, -0.05) is 55.3 Å². The van der Waals surface area contributed by atoms with E-state index in [2.05, 4.69) is 5.32 Å². The number of amides is 2. The Balaban J connectivity index is 1.69. The molecule has 1 atom stereocenters. The number of hydrogen-bond acceptors (Lipinski definition) is 2. The summed E-state index contributed by atoms with van der Waals surface area (Å²) >= 11 is 0. The average molecular weight is 397 g/mol. The van der Waals surface area contributed by atoms with Crippen molar-refractivity contribution in [3.8, 4) is 0 Å². The van der Waals surface area contributed by atoms with Gasteiger partial charge in [0.05, 0.1) is 6.42 Å². The average Bonchev–Trinajstić information content (AvgIpc) is 3.23. The minimum absolute atomic E-state index is 0.0996. The molecule has 1 fully saturated rings. The van der Waals surface area contributed by atoms with Crippen LogP contribution in [0.3, 0.4) is 0 Å². The van der Waals surface area contributed by atoms with Gasteiger partial charge in [0.1, 0.15) is 11.9 Å². The van der Waals surface area contributed by atoms with Gasteiger partial charge in [0.25, 0.3) is 0 Å². The smallest absolute Gasteiger partial charge is 0.242 e. The number of halogens is 1. The Morgan fingerprint density at radius 2 is 1.69 bits per heavy atom. The van der Waals surface area contributed by atoms with Gasteiger partial charge in [-0.3, -0.25) is 9.59 Å². The summed E-state index contributed by atoms with van der Waals surface area (Å²) in [6.07, 6.45) is 5.12. The largest absolute Gasteiger partial charge is 0.352 e. The van der Waals surface area contributed by atoms with E-state index in [0.717, 1.165) is 36.8 Å². The second-order valence-electron chi connectivity index (χ2n) is 7.79. The fourth-order valence-electron chi connectivity index (χ4n) is 3.84. The van der Waals surface area contributed by atoms with Crippen LogP contribution in [0.1, 0.15) is 43.7 Å². The quantitative estimate of drug-likeness (QED) is 0.736. The predicted octanol–water partition coefficient (Wildman–Crippen LogP) is 3.89. The van der Waals surface area contributed by atoms with Gasteiger partial charge in [0, 0.05) is 12.6 Å². The topological polar surface area (TPSA) is 49.4 Å². The van der Waals surface area contributed by atoms with E-state index in [1.54, 1.807) is 24.0 Å². The van der Waals surface area contributed by atoms with Gasteiger partial charge >= 0.3 is 0 Å². The Morgan fingerprint density at radius 1 is 1.03 bits per heavy atom. The Labute approximate surface area is 172 Å². The van der Waals surface area contributed by atoms with Crippen LogP contribution in [0.25, 0.3) is 0 Å². The number of benzene rings is 2. The molecule has 0 bridgehead atoms. The van der Waals surface area contributed by atoms with E-state index >= 15 is 0 Å². The van der Waals surface area contributed by atoms with Crippen molar-refractivity contribution in [2.24, 2.45) is 0 Å². The highest BCUT2D eigenvalue weighted by atomic mass is 19.1. The minimum atomic E-state index is -0.549. The molecule has 4 nitrogen and oxygen atoms in total. The molecule has 0 spiro atoms. The second kappa shape index (κ2) is 10.2. The normalized spacial score (nSPS) is 15.1. The molecular weight excluding hydrogens is 367 g/mol. The third-order valence-electron chi connectivity index (χ3n) is 5.62. The SMILES string of the molecule is C[C@@H](C(=O)NC1CCCC1)N(CCc1ccccc1)C(=O)Cc1ccc(F)cc1. The lowest BCUT2D eigenvalue weighted by atomic mass is 10.1. The molecule has 0 radical (unpaired) electrons. The zero-order chi connectivity index (χ0) is 20.6. The van der Waals surface area contributed by atoms with Crippen molar-refractivity contribution in [3.63, 3.8) is 0 Å². The molecule has 5 heteroatoms. The van der Waals surface area contributed by atoms with E-state index in [1.807, 2.05) is 30.3 Å². The first-order chi connectivity index (χ1) is 14.0. The number of nitrogens with zero attached hydrogens (tertiary/aromatic N) is 1. The van der Waals surface area contributed by atoms with Gasteiger partial charge in [-0.25, -0.2) is 4.39 Å². The first kappa shape index (κ1) is 21.0. The lowest BCUT2D eigenvalue weighted by molar-refractivity contribution is -0.139. The first-order valence-corrected chi connectivity index (χ1v) is 10.4. The van der Waals surface area contributed by atoms with E-state index in [1.165, 1.54) is 12.1 Å². The monoisotopic (exact) mass is 396 g/mol. The van der Waals surface area contributed by atoms with Crippen LogP contribution in [0.15, 0.2) is 54.6 Å². The zero-order valence-corrected chi connectivity index (χ0v) is 16.9. The van der Waals surface area contributed by atoms with Crippen molar-refractivity contribution in [2.45, 2.75) is 57.5 Å². The fraction of sp³-hybridized carbons (Fsp3) is 0.417. The van der Waals surface area contributed by atoms with Crippen molar-refractivity contribution < 1.29 is 14.0 Å². The van der Waals surface area contributed by atoms with Crippen LogP contribution >= 0.6 is 0 Å². The number of rotatable bonds is 8. The third-order valence-corrected chi connectivity index (χ3v) is 5.62. The summed E-state index contributed by atoms with van der Waals surface area (Å²) in [7, 11) is 0. The molecule has 1 aliphatic carbocycles. The highest BCUT2D eigenvalue weighted by Gasteiger charge is 2.28. The Bertz CT molecular complexity index is 801. The molecular formula is C24H29FN2O2. The van der Waals surface area contributed by atoms with Gasteiger partial charge in [0.2, 0.25) is 11.8 Å². The summed E-state index contributed by atoms with van der Waals surface area (Å²) in [5.74, 6) is -0.550. The highest BCUT2D eigenvalue weighted by Crippen LogP contribution is 2.18. The van der Waals surface area contributed by atoms with Gasteiger partial charge in [-0.2, -0.15) is 0 Å². The van der Waals surface area contributed by atoms with Gasteiger partial charge in [-0.15, -0.1) is 0 Å². The maximum atomic E-state index is 13.2. The van der Waals surface area contributed by atoms with E-state index in [9.17, 15) is 14.0 Å². The third kappa shape index (κ3) is 6.14. The molecule has 154 valence electrons. The molecule has 2 aromatic carbocycles. The second-order valence-corrected chi connectivity index (χ2v) is 7.79. The van der Waals surface area contributed by atoms with Crippen molar-refractivity contribution in [1.82, 2.24) is 10.2 Å². The van der Waals surface area contributed by atoms with Crippen LogP contribution in [-0.4, -0.2) is 35.3 Å². The molecule has 1 aliphatic rings. The summed E-state index contributed by atoms with van der Waals surface area (Å²) in [6, 6.07) is 15.5. The molecule has 0 heterocycles. The Kier molecular flexibility index (Phi) is 7.39. The molecule has 1 N–H and O–H groups in total. The Morgan fingerprint density at radius 3 is 2.34 bits per heavy atom. The summed E-state index contributed by atoms with van der Waals surface area (Å²) in [4.78, 5) is 27.5. The van der Waals surface area contributed by atoms with Crippen LogP contribution in [0.5, 0.6) is 0 Å². The molecule has 2 amide bonds. The molecule has 29 heavy (non-hydrogen) atoms. The summed E-state index contributed by atoms with van der Waals surface area (Å²) in [5.41, 5.74) is 1.86. The predicted molar refractivity (Wildman–Crippen MR) is 112 cm³/mol. The fourth-order valence-corrected chi connectivity index (χ4v) is 3.84. The standard InChI is InChI=1S/C24H29FN2O2/c1-18(24(29)26-22-9-5-6-10-22)27(16-15-19-7-3-2-4-8-19)23(28)17-20-11-13-21(25)14-12-20/h2-4,7-8,11-14,18,22H,5-6,9-10,15-17H2,1H3,(H,26,29)/t18-/m0/s1. The Hall–Kier alpha value is -2.69. The number of carbonyl (C=O) groups excluding carboxylic acids is 2. The van der Waals surface area contributed by atoms with Gasteiger partial charge in [0.15, 0.2) is 0 Å². The highest BCUT2D eigenvalue weighted by molar-refractivity contribution is 5.88. The molecule has 2 aromatic rings. The van der Waals surface area contributed by atoms with Crippen molar-refractivity contribution in [2.75, 3.05) is 6.54 Å². The van der Waals surface area contributed by atoms with Crippen molar-refractivity contribution in [1.29, 1.82) is 0 Å². The summed E-state index contributed by atoms with van der Waals surface area (Å²) < 4.78 is 13.2. The molecule has 0 aliphatic heterocycles. The van der Waals surface area contributed by atoms with Crippen LogP contribution in [0, 0.1) is 5.82 Å². The molecule has 1 saturated carbocycles. The molecule has 0 unspecified atom stereocenters. The van der Waals surface area contributed by atoms with E-state index in [4.69, 9.17) is 0 Å². The number of hydrogen-bond donors (Lipinski definition) is 1. The number of nitrogens with one attached hydrogen (secondary N) is 1. The summed E-state index contributed by atoms with van der Waals surface area (Å²) in [5, 5.41) is 3.10. The van der Waals surface area contributed by atoms with E-state index in [0.29, 0.717) is 13.0 Å². The maximum absolute atomic E-state index is 13.2. The van der Waals surface area contributed by atoms with Crippen molar-refractivity contribution in [3.05, 3.63) is 71.5 Å². The van der Waals surface area contributed by atoms with E-state index < -0.39 is 6.04 Å². The minimum Gasteiger partial charge on any atom is -0.352 e. The van der Waals surface area contributed by atoms with Gasteiger partial charge in [-0.05, 0) is 49.4 Å². The number of carbonyl (C=O) groups is 2.